The molecule has 17 heavy (non-hydrogen) atoms. The zero-order valence-corrected chi connectivity index (χ0v) is 9.78. The quantitative estimate of drug-likeness (QED) is 0.739. The first kappa shape index (κ1) is 11.5. The molecule has 1 atom stereocenters. The summed E-state index contributed by atoms with van der Waals surface area (Å²) in [5, 5.41) is 7.62. The number of rotatable bonds is 5. The topological polar surface area (TPSA) is 47.8 Å². The average Bonchev–Trinajstić information content (AvgIpc) is 2.85. The van der Waals surface area contributed by atoms with Gasteiger partial charge in [-0.05, 0) is 17.9 Å². The van der Waals surface area contributed by atoms with Gasteiger partial charge in [0, 0.05) is 6.54 Å². The van der Waals surface area contributed by atoms with Gasteiger partial charge < -0.3 is 0 Å². The van der Waals surface area contributed by atoms with Gasteiger partial charge in [0.25, 0.3) is 0 Å². The molecule has 2 aromatic rings. The minimum absolute atomic E-state index is 0.386. The second-order valence-electron chi connectivity index (χ2n) is 4.12. The monoisotopic (exact) mass is 229 g/mol. The lowest BCUT2D eigenvalue weighted by molar-refractivity contribution is 0.111. The van der Waals surface area contributed by atoms with Gasteiger partial charge in [-0.2, -0.15) is 0 Å². The van der Waals surface area contributed by atoms with E-state index in [0.717, 1.165) is 13.0 Å². The molecule has 0 bridgehead atoms. The van der Waals surface area contributed by atoms with Gasteiger partial charge in [0.1, 0.15) is 5.69 Å². The molecule has 0 saturated heterocycles. The molecule has 1 aromatic carbocycles. The van der Waals surface area contributed by atoms with Gasteiger partial charge in [-0.1, -0.05) is 42.5 Å². The number of aryl methyl sites for hydroxylation is 1. The lowest BCUT2D eigenvalue weighted by Crippen LogP contribution is -2.03. The molecule has 0 spiro atoms. The summed E-state index contributed by atoms with van der Waals surface area (Å²) in [6.07, 6.45) is 3.36. The van der Waals surface area contributed by atoms with Crippen LogP contribution in [-0.4, -0.2) is 21.3 Å². The van der Waals surface area contributed by atoms with E-state index in [0.29, 0.717) is 17.9 Å². The molecule has 0 fully saturated rings. The maximum atomic E-state index is 10.5. The molecule has 0 amide bonds. The molecule has 0 aliphatic carbocycles. The van der Waals surface area contributed by atoms with E-state index in [1.165, 1.54) is 5.56 Å². The fourth-order valence-electron chi connectivity index (χ4n) is 1.75. The molecule has 0 aliphatic heterocycles. The Balaban J connectivity index is 1.92. The summed E-state index contributed by atoms with van der Waals surface area (Å²) in [7, 11) is 0. The largest absolute Gasteiger partial charge is 0.296 e. The van der Waals surface area contributed by atoms with Crippen molar-refractivity contribution in [2.24, 2.45) is 0 Å². The van der Waals surface area contributed by atoms with Gasteiger partial charge in [-0.25, -0.2) is 0 Å². The van der Waals surface area contributed by atoms with E-state index >= 15 is 0 Å². The van der Waals surface area contributed by atoms with E-state index in [1.54, 1.807) is 10.9 Å². The first-order chi connectivity index (χ1) is 8.29. The van der Waals surface area contributed by atoms with Crippen LogP contribution in [0.2, 0.25) is 0 Å². The molecule has 0 saturated carbocycles. The Hall–Kier alpha value is -1.97. The first-order valence-electron chi connectivity index (χ1n) is 5.70. The highest BCUT2D eigenvalue weighted by Crippen LogP contribution is 2.18. The van der Waals surface area contributed by atoms with Crippen LogP contribution in [-0.2, 0) is 6.54 Å². The van der Waals surface area contributed by atoms with Crippen molar-refractivity contribution in [3.05, 3.63) is 47.8 Å². The predicted molar refractivity (Wildman–Crippen MR) is 64.9 cm³/mol. The Morgan fingerprint density at radius 2 is 2.12 bits per heavy atom. The first-order valence-corrected chi connectivity index (χ1v) is 5.70. The summed E-state index contributed by atoms with van der Waals surface area (Å²) in [5.41, 5.74) is 1.71. The number of hydrogen-bond donors (Lipinski definition) is 0. The maximum absolute atomic E-state index is 10.5. The smallest absolute Gasteiger partial charge is 0.171 e. The van der Waals surface area contributed by atoms with Gasteiger partial charge in [-0.3, -0.25) is 9.48 Å². The van der Waals surface area contributed by atoms with Crippen molar-refractivity contribution in [2.45, 2.75) is 25.8 Å². The molecule has 2 rings (SSSR count). The fraction of sp³-hybridized carbons (Fsp3) is 0.308. The minimum atomic E-state index is 0.386. The van der Waals surface area contributed by atoms with Crippen molar-refractivity contribution in [1.29, 1.82) is 0 Å². The molecule has 1 aromatic heterocycles. The standard InChI is InChI=1S/C13H15N3O/c1-11(12-5-3-2-4-6-12)7-8-16-9-13(10-17)14-15-16/h2-6,9-11H,7-8H2,1H3/t11-/m1/s1. The van der Waals surface area contributed by atoms with Crippen molar-refractivity contribution in [2.75, 3.05) is 0 Å². The Labute approximate surface area is 100 Å². The molecule has 4 nitrogen and oxygen atoms in total. The van der Waals surface area contributed by atoms with Crippen molar-refractivity contribution in [3.8, 4) is 0 Å². The third-order valence-electron chi connectivity index (χ3n) is 2.84. The zero-order chi connectivity index (χ0) is 12.1. The Morgan fingerprint density at radius 3 is 2.76 bits per heavy atom. The molecule has 0 radical (unpaired) electrons. The Morgan fingerprint density at radius 1 is 1.35 bits per heavy atom. The second-order valence-corrected chi connectivity index (χ2v) is 4.12. The van der Waals surface area contributed by atoms with Crippen LogP contribution in [0.5, 0.6) is 0 Å². The molecule has 4 heteroatoms. The van der Waals surface area contributed by atoms with Crippen LogP contribution in [0.1, 0.15) is 35.3 Å². The van der Waals surface area contributed by atoms with E-state index in [-0.39, 0.29) is 0 Å². The summed E-state index contributed by atoms with van der Waals surface area (Å²) in [6.45, 7) is 2.96. The second kappa shape index (κ2) is 5.39. The highest BCUT2D eigenvalue weighted by Gasteiger charge is 2.06. The SMILES string of the molecule is C[C@H](CCn1cc(C=O)nn1)c1ccccc1. The highest BCUT2D eigenvalue weighted by molar-refractivity contribution is 5.70. The normalized spacial score (nSPS) is 12.3. The number of aldehydes is 1. The summed E-state index contributed by atoms with van der Waals surface area (Å²) in [6, 6.07) is 10.4. The minimum Gasteiger partial charge on any atom is -0.296 e. The number of nitrogens with zero attached hydrogens (tertiary/aromatic N) is 3. The molecular formula is C13H15N3O. The maximum Gasteiger partial charge on any atom is 0.171 e. The average molecular weight is 229 g/mol. The van der Waals surface area contributed by atoms with Gasteiger partial charge >= 0.3 is 0 Å². The predicted octanol–water partition coefficient (Wildman–Crippen LogP) is 2.28. The lowest BCUT2D eigenvalue weighted by atomic mass is 9.98. The summed E-state index contributed by atoms with van der Waals surface area (Å²) in [5.74, 6) is 0.472. The van der Waals surface area contributed by atoms with Crippen molar-refractivity contribution >= 4 is 6.29 Å². The van der Waals surface area contributed by atoms with Crippen LogP contribution >= 0.6 is 0 Å². The summed E-state index contributed by atoms with van der Waals surface area (Å²) in [4.78, 5) is 10.5. The molecule has 1 heterocycles. The van der Waals surface area contributed by atoms with Crippen LogP contribution in [0.15, 0.2) is 36.5 Å². The molecule has 0 aliphatic rings. The third kappa shape index (κ3) is 3.00. The third-order valence-corrected chi connectivity index (χ3v) is 2.84. The van der Waals surface area contributed by atoms with E-state index < -0.39 is 0 Å². The number of aromatic nitrogens is 3. The van der Waals surface area contributed by atoms with E-state index in [2.05, 4.69) is 29.4 Å². The van der Waals surface area contributed by atoms with Gasteiger partial charge in [0.05, 0.1) is 6.20 Å². The van der Waals surface area contributed by atoms with Gasteiger partial charge in [0.15, 0.2) is 6.29 Å². The Kier molecular flexibility index (Phi) is 3.65. The number of carbonyl (C=O) groups is 1. The zero-order valence-electron chi connectivity index (χ0n) is 9.78. The molecule has 88 valence electrons. The van der Waals surface area contributed by atoms with E-state index in [4.69, 9.17) is 0 Å². The highest BCUT2D eigenvalue weighted by atomic mass is 16.1. The van der Waals surface area contributed by atoms with Crippen LogP contribution in [0, 0.1) is 0 Å². The molecular weight excluding hydrogens is 214 g/mol. The van der Waals surface area contributed by atoms with Crippen LogP contribution in [0.25, 0.3) is 0 Å². The number of carbonyl (C=O) groups excluding carboxylic acids is 1. The van der Waals surface area contributed by atoms with Crippen molar-refractivity contribution < 1.29 is 4.79 Å². The molecule has 0 N–H and O–H groups in total. The fourth-order valence-corrected chi connectivity index (χ4v) is 1.75. The lowest BCUT2D eigenvalue weighted by Gasteiger charge is -2.11. The van der Waals surface area contributed by atoms with Crippen molar-refractivity contribution in [1.82, 2.24) is 15.0 Å². The molecule has 0 unspecified atom stereocenters. The van der Waals surface area contributed by atoms with Gasteiger partial charge in [0.2, 0.25) is 0 Å². The van der Waals surface area contributed by atoms with Crippen LogP contribution < -0.4 is 0 Å². The summed E-state index contributed by atoms with van der Waals surface area (Å²) < 4.78 is 1.71. The van der Waals surface area contributed by atoms with Crippen molar-refractivity contribution in [3.63, 3.8) is 0 Å². The number of hydrogen-bond acceptors (Lipinski definition) is 3. The van der Waals surface area contributed by atoms with Crippen LogP contribution in [0.4, 0.5) is 0 Å². The summed E-state index contributed by atoms with van der Waals surface area (Å²) >= 11 is 0. The van der Waals surface area contributed by atoms with E-state index in [1.807, 2.05) is 18.2 Å². The Bertz CT molecular complexity index is 478. The van der Waals surface area contributed by atoms with Crippen LogP contribution in [0.3, 0.4) is 0 Å². The number of benzene rings is 1. The van der Waals surface area contributed by atoms with Gasteiger partial charge in [-0.15, -0.1) is 5.10 Å². The van der Waals surface area contributed by atoms with E-state index in [9.17, 15) is 4.79 Å².